The predicted molar refractivity (Wildman–Crippen MR) is 90.6 cm³/mol. The molecule has 6 nitrogen and oxygen atoms in total. The largest absolute Gasteiger partial charge is 0.337 e. The maximum atomic E-state index is 12.6. The second kappa shape index (κ2) is 6.47. The number of fused-ring (bicyclic) bond motifs is 1. The first kappa shape index (κ1) is 16.2. The number of thioether (sulfide) groups is 1. The molecule has 0 aliphatic carbocycles. The number of hydrogen-bond donors (Lipinski definition) is 0. The van der Waals surface area contributed by atoms with Gasteiger partial charge < -0.3 is 4.90 Å². The van der Waals surface area contributed by atoms with E-state index in [4.69, 9.17) is 0 Å². The Bertz CT molecular complexity index is 719. The summed E-state index contributed by atoms with van der Waals surface area (Å²) in [4.78, 5) is 23.4. The molecule has 3 heterocycles. The van der Waals surface area contributed by atoms with Crippen LogP contribution >= 0.6 is 11.8 Å². The maximum Gasteiger partial charge on any atom is 0.253 e. The molecule has 0 saturated carbocycles. The number of hydrogen-bond acceptors (Lipinski definition) is 5. The molecule has 1 aliphatic heterocycles. The number of carbonyl (C=O) groups excluding carboxylic acids is 1. The molecule has 1 fully saturated rings. The lowest BCUT2D eigenvalue weighted by molar-refractivity contribution is -0.134. The van der Waals surface area contributed by atoms with Crippen LogP contribution in [0, 0.1) is 13.8 Å². The lowest BCUT2D eigenvalue weighted by atomic mass is 9.98. The molecule has 2 atom stereocenters. The molecule has 7 heteroatoms. The van der Waals surface area contributed by atoms with Crippen LogP contribution in [0.15, 0.2) is 11.2 Å². The van der Waals surface area contributed by atoms with Crippen molar-refractivity contribution in [3.05, 3.63) is 17.5 Å². The van der Waals surface area contributed by atoms with Crippen LogP contribution in [0.5, 0.6) is 0 Å². The van der Waals surface area contributed by atoms with Crippen molar-refractivity contribution in [2.24, 2.45) is 0 Å². The van der Waals surface area contributed by atoms with E-state index >= 15 is 0 Å². The molecule has 0 bridgehead atoms. The van der Waals surface area contributed by atoms with Gasteiger partial charge in [-0.25, -0.2) is 9.50 Å². The molecule has 124 valence electrons. The Morgan fingerprint density at radius 1 is 1.26 bits per heavy atom. The first-order chi connectivity index (χ1) is 11.0. The predicted octanol–water partition coefficient (Wildman–Crippen LogP) is 2.62. The molecule has 0 spiro atoms. The molecule has 0 unspecified atom stereocenters. The summed E-state index contributed by atoms with van der Waals surface area (Å²) >= 11 is 1.39. The van der Waals surface area contributed by atoms with Crippen molar-refractivity contribution in [3.8, 4) is 0 Å². The van der Waals surface area contributed by atoms with Crippen LogP contribution in [0.2, 0.25) is 0 Å². The summed E-state index contributed by atoms with van der Waals surface area (Å²) < 4.78 is 1.73. The van der Waals surface area contributed by atoms with Gasteiger partial charge in [0.1, 0.15) is 0 Å². The Kier molecular flexibility index (Phi) is 4.57. The Balaban J connectivity index is 1.70. The normalized spacial score (nSPS) is 21.8. The van der Waals surface area contributed by atoms with Gasteiger partial charge in [-0.05, 0) is 53.0 Å². The van der Waals surface area contributed by atoms with Gasteiger partial charge in [0.15, 0.2) is 0 Å². The summed E-state index contributed by atoms with van der Waals surface area (Å²) in [5.41, 5.74) is 1.92. The quantitative estimate of drug-likeness (QED) is 0.808. The molecule has 0 N–H and O–H groups in total. The van der Waals surface area contributed by atoms with Crippen LogP contribution in [-0.4, -0.2) is 48.2 Å². The summed E-state index contributed by atoms with van der Waals surface area (Å²) in [7, 11) is 0. The van der Waals surface area contributed by atoms with E-state index in [0.29, 0.717) is 28.8 Å². The Morgan fingerprint density at radius 3 is 2.65 bits per heavy atom. The molecular weight excluding hydrogens is 310 g/mol. The number of aryl methyl sites for hydroxylation is 2. The van der Waals surface area contributed by atoms with Crippen LogP contribution in [0.25, 0.3) is 5.78 Å². The van der Waals surface area contributed by atoms with E-state index in [1.807, 2.05) is 24.8 Å². The minimum Gasteiger partial charge on any atom is -0.337 e. The van der Waals surface area contributed by atoms with Crippen molar-refractivity contribution in [1.29, 1.82) is 0 Å². The summed E-state index contributed by atoms with van der Waals surface area (Å²) in [6.45, 7) is 8.19. The maximum absolute atomic E-state index is 12.6. The number of aromatic nitrogens is 4. The zero-order chi connectivity index (χ0) is 16.6. The summed E-state index contributed by atoms with van der Waals surface area (Å²) in [6.07, 6.45) is 3.39. The number of likely N-dealkylation sites (tertiary alicyclic amines) is 1. The van der Waals surface area contributed by atoms with Crippen LogP contribution in [0.4, 0.5) is 0 Å². The highest BCUT2D eigenvalue weighted by molar-refractivity contribution is 7.99. The monoisotopic (exact) mass is 333 g/mol. The van der Waals surface area contributed by atoms with Crippen molar-refractivity contribution >= 4 is 23.4 Å². The van der Waals surface area contributed by atoms with Crippen molar-refractivity contribution in [1.82, 2.24) is 24.5 Å². The van der Waals surface area contributed by atoms with Gasteiger partial charge in [-0.15, -0.1) is 5.10 Å². The van der Waals surface area contributed by atoms with Gasteiger partial charge in [0.05, 0.1) is 5.75 Å². The second-order valence-electron chi connectivity index (χ2n) is 6.36. The number of nitrogens with zero attached hydrogens (tertiary/aromatic N) is 5. The van der Waals surface area contributed by atoms with Gasteiger partial charge >= 0.3 is 0 Å². The van der Waals surface area contributed by atoms with Crippen molar-refractivity contribution < 1.29 is 4.79 Å². The minimum absolute atomic E-state index is 0.175. The summed E-state index contributed by atoms with van der Waals surface area (Å²) in [5, 5.41) is 5.05. The smallest absolute Gasteiger partial charge is 0.253 e. The van der Waals surface area contributed by atoms with E-state index in [-0.39, 0.29) is 5.91 Å². The standard InChI is InChI=1S/C16H23N5OS/c1-10-8-13(4)21-15(17-10)18-16(19-21)23-9-14(22)20-11(2)6-5-7-12(20)3/h8,11-12H,5-7,9H2,1-4H3/t11-,12+. The van der Waals surface area contributed by atoms with Gasteiger partial charge in [0, 0.05) is 23.5 Å². The summed E-state index contributed by atoms with van der Waals surface area (Å²) in [6, 6.07) is 2.62. The van der Waals surface area contributed by atoms with Gasteiger partial charge in [0.25, 0.3) is 5.78 Å². The average Bonchev–Trinajstić information content (AvgIpc) is 2.88. The topological polar surface area (TPSA) is 63.4 Å². The lowest BCUT2D eigenvalue weighted by Crippen LogP contribution is -2.48. The van der Waals surface area contributed by atoms with Crippen LogP contribution in [0.1, 0.15) is 44.5 Å². The van der Waals surface area contributed by atoms with E-state index in [1.54, 1.807) is 4.52 Å². The number of piperidine rings is 1. The van der Waals surface area contributed by atoms with E-state index in [2.05, 4.69) is 28.9 Å². The highest BCUT2D eigenvalue weighted by atomic mass is 32.2. The highest BCUT2D eigenvalue weighted by Gasteiger charge is 2.28. The molecule has 2 aromatic heterocycles. The fourth-order valence-corrected chi connectivity index (χ4v) is 4.01. The highest BCUT2D eigenvalue weighted by Crippen LogP contribution is 2.24. The number of rotatable bonds is 3. The van der Waals surface area contributed by atoms with Gasteiger partial charge in [-0.1, -0.05) is 11.8 Å². The fraction of sp³-hybridized carbons (Fsp3) is 0.625. The zero-order valence-corrected chi connectivity index (χ0v) is 14.9. The fourth-order valence-electron chi connectivity index (χ4n) is 3.32. The van der Waals surface area contributed by atoms with E-state index in [0.717, 1.165) is 24.2 Å². The Hall–Kier alpha value is -1.63. The third-order valence-corrected chi connectivity index (χ3v) is 5.23. The Labute approximate surface area is 140 Å². The molecule has 2 aromatic rings. The van der Waals surface area contributed by atoms with Gasteiger partial charge in [-0.3, -0.25) is 4.79 Å². The van der Waals surface area contributed by atoms with Crippen molar-refractivity contribution in [3.63, 3.8) is 0 Å². The number of carbonyl (C=O) groups is 1. The van der Waals surface area contributed by atoms with E-state index in [9.17, 15) is 4.79 Å². The second-order valence-corrected chi connectivity index (χ2v) is 7.31. The Morgan fingerprint density at radius 2 is 1.96 bits per heavy atom. The van der Waals surface area contributed by atoms with Crippen LogP contribution < -0.4 is 0 Å². The molecule has 1 saturated heterocycles. The molecule has 23 heavy (non-hydrogen) atoms. The van der Waals surface area contributed by atoms with E-state index < -0.39 is 0 Å². The number of amides is 1. The van der Waals surface area contributed by atoms with Gasteiger partial charge in [0.2, 0.25) is 11.1 Å². The van der Waals surface area contributed by atoms with Crippen LogP contribution in [-0.2, 0) is 4.79 Å². The first-order valence-corrected chi connectivity index (χ1v) is 9.09. The van der Waals surface area contributed by atoms with Crippen LogP contribution in [0.3, 0.4) is 0 Å². The average molecular weight is 333 g/mol. The third kappa shape index (κ3) is 3.34. The lowest BCUT2D eigenvalue weighted by Gasteiger charge is -2.39. The molecule has 1 amide bonds. The molecule has 0 radical (unpaired) electrons. The van der Waals surface area contributed by atoms with Crippen molar-refractivity contribution in [2.45, 2.75) is 64.2 Å². The molecule has 1 aliphatic rings. The van der Waals surface area contributed by atoms with E-state index in [1.165, 1.54) is 18.2 Å². The summed E-state index contributed by atoms with van der Waals surface area (Å²) in [5.74, 6) is 1.15. The minimum atomic E-state index is 0.175. The SMILES string of the molecule is Cc1cc(C)n2nc(SCC(=O)N3[C@H](C)CCC[C@@H]3C)nc2n1. The van der Waals surface area contributed by atoms with Gasteiger partial charge in [-0.2, -0.15) is 4.98 Å². The molecule has 3 rings (SSSR count). The van der Waals surface area contributed by atoms with Crippen molar-refractivity contribution in [2.75, 3.05) is 5.75 Å². The zero-order valence-electron chi connectivity index (χ0n) is 14.1. The molecule has 0 aromatic carbocycles. The molecular formula is C16H23N5OS. The first-order valence-electron chi connectivity index (χ1n) is 8.10. The third-order valence-electron chi connectivity index (χ3n) is 4.41.